The van der Waals surface area contributed by atoms with E-state index < -0.39 is 6.16 Å². The second-order valence-corrected chi connectivity index (χ2v) is 14.4. The summed E-state index contributed by atoms with van der Waals surface area (Å²) in [5.41, 5.74) is 3.30. The van der Waals surface area contributed by atoms with Gasteiger partial charge in [-0.3, -0.25) is 0 Å². The molecular weight excluding hydrogens is 468 g/mol. The van der Waals surface area contributed by atoms with E-state index in [2.05, 4.69) is 40.7 Å². The Balaban J connectivity index is 1.22. The second kappa shape index (κ2) is 11.0. The third kappa shape index (κ3) is 5.20. The van der Waals surface area contributed by atoms with Gasteiger partial charge in [0.05, 0.1) is 0 Å². The molecule has 5 rings (SSSR count). The largest absolute Gasteiger partial charge is 0.514 e. The van der Waals surface area contributed by atoms with E-state index in [9.17, 15) is 4.79 Å². The van der Waals surface area contributed by atoms with E-state index in [0.29, 0.717) is 11.2 Å². The van der Waals surface area contributed by atoms with Crippen LogP contribution in [0.15, 0.2) is 35.9 Å². The summed E-state index contributed by atoms with van der Waals surface area (Å²) in [5.74, 6) is 5.68. The molecule has 0 aliphatic heterocycles. The average Bonchev–Trinajstić information content (AvgIpc) is 3.23. The molecule has 1 aromatic carbocycles. The van der Waals surface area contributed by atoms with Gasteiger partial charge in [0.15, 0.2) is 0 Å². The topological polar surface area (TPSA) is 35.5 Å². The summed E-state index contributed by atoms with van der Waals surface area (Å²) in [6, 6.07) is 7.62. The molecule has 0 N–H and O–H groups in total. The van der Waals surface area contributed by atoms with Crippen LogP contribution in [-0.4, -0.2) is 12.3 Å². The zero-order chi connectivity index (χ0) is 27.1. The summed E-state index contributed by atoms with van der Waals surface area (Å²) >= 11 is 0. The monoisotopic (exact) mass is 520 g/mol. The Labute approximate surface area is 232 Å². The Kier molecular flexibility index (Phi) is 8.05. The number of carbonyl (C=O) groups is 1. The number of allylic oxidation sites excluding steroid dienone is 1. The zero-order valence-electron chi connectivity index (χ0n) is 24.9. The Bertz CT molecular complexity index is 1030. The van der Waals surface area contributed by atoms with Crippen molar-refractivity contribution in [2.45, 2.75) is 118 Å². The van der Waals surface area contributed by atoms with Gasteiger partial charge in [-0.05, 0) is 110 Å². The summed E-state index contributed by atoms with van der Waals surface area (Å²) in [6.45, 7) is 14.5. The molecule has 8 atom stereocenters. The lowest BCUT2D eigenvalue weighted by molar-refractivity contribution is -0.0597. The summed E-state index contributed by atoms with van der Waals surface area (Å²) in [6.07, 6.45) is 16.0. The van der Waals surface area contributed by atoms with Crippen LogP contribution in [0.2, 0.25) is 0 Å². The molecular formula is C35H52O3. The molecule has 0 unspecified atom stereocenters. The van der Waals surface area contributed by atoms with Crippen molar-refractivity contribution in [3.63, 3.8) is 0 Å². The van der Waals surface area contributed by atoms with Crippen molar-refractivity contribution < 1.29 is 14.3 Å². The first-order valence-corrected chi connectivity index (χ1v) is 15.8. The molecule has 0 saturated heterocycles. The molecule has 0 heterocycles. The maximum absolute atomic E-state index is 12.6. The van der Waals surface area contributed by atoms with Gasteiger partial charge in [0.25, 0.3) is 0 Å². The molecule has 210 valence electrons. The van der Waals surface area contributed by atoms with Crippen molar-refractivity contribution in [2.24, 2.45) is 46.3 Å². The van der Waals surface area contributed by atoms with Gasteiger partial charge in [-0.15, -0.1) is 0 Å². The first kappa shape index (κ1) is 27.8. The lowest BCUT2D eigenvalue weighted by Crippen LogP contribution is -2.51. The molecule has 4 aliphatic carbocycles. The highest BCUT2D eigenvalue weighted by Crippen LogP contribution is 2.67. The third-order valence-electron chi connectivity index (χ3n) is 11.8. The number of hydrogen-bond donors (Lipinski definition) is 0. The Morgan fingerprint density at radius 1 is 1.00 bits per heavy atom. The number of benzene rings is 1. The molecule has 3 fully saturated rings. The minimum atomic E-state index is -0.560. The fraction of sp³-hybridized carbons (Fsp3) is 0.743. The van der Waals surface area contributed by atoms with Gasteiger partial charge in [0.2, 0.25) is 0 Å². The number of aryl methyl sites for hydroxylation is 1. The minimum absolute atomic E-state index is 0.0706. The predicted octanol–water partition coefficient (Wildman–Crippen LogP) is 9.92. The number of hydrogen-bond acceptors (Lipinski definition) is 3. The van der Waals surface area contributed by atoms with E-state index >= 15 is 0 Å². The molecule has 1 aromatic rings. The lowest BCUT2D eigenvalue weighted by Gasteiger charge is -2.58. The second-order valence-electron chi connectivity index (χ2n) is 14.4. The first-order valence-electron chi connectivity index (χ1n) is 15.8. The molecule has 3 saturated carbocycles. The van der Waals surface area contributed by atoms with Crippen LogP contribution in [-0.2, 0) is 4.74 Å². The van der Waals surface area contributed by atoms with Crippen LogP contribution in [0.1, 0.15) is 111 Å². The SMILES string of the molecule is Cc1ccccc1OC(=O)O[C@@H]1CC[C@@]2(C)C(=CC[C@H]3[C@H]4CC[C@H]([C@@H](C)CCCC(C)C)[C@]4(C)CC[C@H]32)C1. The molecule has 4 aliphatic rings. The van der Waals surface area contributed by atoms with Crippen LogP contribution in [0.3, 0.4) is 0 Å². The first-order chi connectivity index (χ1) is 18.1. The van der Waals surface area contributed by atoms with Crippen LogP contribution < -0.4 is 4.74 Å². The molecule has 0 bridgehead atoms. The van der Waals surface area contributed by atoms with E-state index in [-0.39, 0.29) is 11.5 Å². The highest BCUT2D eigenvalue weighted by molar-refractivity contribution is 5.64. The fourth-order valence-electron chi connectivity index (χ4n) is 9.67. The molecule has 0 spiro atoms. The van der Waals surface area contributed by atoms with Crippen LogP contribution in [0.5, 0.6) is 5.75 Å². The number of ether oxygens (including phenoxy) is 2. The van der Waals surface area contributed by atoms with Crippen LogP contribution >= 0.6 is 0 Å². The standard InChI is InChI=1S/C35H52O3/c1-23(2)10-9-12-24(3)29-16-17-30-28-15-14-26-22-27(37-33(36)38-32-13-8-7-11-25(32)4)18-20-34(26,5)31(28)19-21-35(29,30)6/h7-8,11,13-14,23-24,27-31H,9-10,12,15-22H2,1-6H3/t24-,27+,28-,29+,30+,31+,34-,35-/m0/s1. The molecule has 0 radical (unpaired) electrons. The number of para-hydroxylation sites is 1. The summed E-state index contributed by atoms with van der Waals surface area (Å²) in [7, 11) is 0. The van der Waals surface area contributed by atoms with Crippen molar-refractivity contribution in [1.82, 2.24) is 0 Å². The van der Waals surface area contributed by atoms with Gasteiger partial charge in [0, 0.05) is 6.42 Å². The van der Waals surface area contributed by atoms with Crippen LogP contribution in [0.25, 0.3) is 0 Å². The molecule has 3 heteroatoms. The summed E-state index contributed by atoms with van der Waals surface area (Å²) in [5, 5.41) is 0. The average molecular weight is 521 g/mol. The van der Waals surface area contributed by atoms with Crippen molar-refractivity contribution in [3.05, 3.63) is 41.5 Å². The number of rotatable bonds is 7. The smallest absolute Gasteiger partial charge is 0.430 e. The fourth-order valence-corrected chi connectivity index (χ4v) is 9.67. The number of carbonyl (C=O) groups excluding carboxylic acids is 1. The molecule has 0 aromatic heterocycles. The minimum Gasteiger partial charge on any atom is -0.430 e. The van der Waals surface area contributed by atoms with Gasteiger partial charge in [-0.1, -0.05) is 83.7 Å². The van der Waals surface area contributed by atoms with Gasteiger partial charge >= 0.3 is 6.16 Å². The van der Waals surface area contributed by atoms with E-state index in [1.165, 1.54) is 51.4 Å². The Morgan fingerprint density at radius 2 is 1.79 bits per heavy atom. The maximum Gasteiger partial charge on any atom is 0.514 e. The van der Waals surface area contributed by atoms with Crippen molar-refractivity contribution in [2.75, 3.05) is 0 Å². The highest BCUT2D eigenvalue weighted by atomic mass is 16.7. The van der Waals surface area contributed by atoms with Gasteiger partial charge in [-0.2, -0.15) is 0 Å². The van der Waals surface area contributed by atoms with Crippen molar-refractivity contribution >= 4 is 6.16 Å². The normalized spacial score (nSPS) is 37.0. The van der Waals surface area contributed by atoms with Gasteiger partial charge in [0.1, 0.15) is 11.9 Å². The molecule has 3 nitrogen and oxygen atoms in total. The van der Waals surface area contributed by atoms with Crippen molar-refractivity contribution in [1.29, 1.82) is 0 Å². The summed E-state index contributed by atoms with van der Waals surface area (Å²) < 4.78 is 11.4. The van der Waals surface area contributed by atoms with E-state index in [4.69, 9.17) is 9.47 Å². The third-order valence-corrected chi connectivity index (χ3v) is 11.8. The van der Waals surface area contributed by atoms with Gasteiger partial charge < -0.3 is 9.47 Å². The highest BCUT2D eigenvalue weighted by Gasteiger charge is 2.59. The van der Waals surface area contributed by atoms with E-state index in [1.54, 1.807) is 5.57 Å². The zero-order valence-corrected chi connectivity index (χ0v) is 24.9. The van der Waals surface area contributed by atoms with Crippen LogP contribution in [0, 0.1) is 53.3 Å². The summed E-state index contributed by atoms with van der Waals surface area (Å²) in [4.78, 5) is 12.6. The number of fused-ring (bicyclic) bond motifs is 5. The van der Waals surface area contributed by atoms with E-state index in [0.717, 1.165) is 60.3 Å². The molecule has 38 heavy (non-hydrogen) atoms. The van der Waals surface area contributed by atoms with Gasteiger partial charge in [-0.25, -0.2) is 4.79 Å². The quantitative estimate of drug-likeness (QED) is 0.204. The maximum atomic E-state index is 12.6. The lowest BCUT2D eigenvalue weighted by atomic mass is 9.47. The molecule has 0 amide bonds. The van der Waals surface area contributed by atoms with Crippen molar-refractivity contribution in [3.8, 4) is 5.75 Å². The van der Waals surface area contributed by atoms with E-state index in [1.807, 2.05) is 31.2 Å². The Morgan fingerprint density at radius 3 is 2.55 bits per heavy atom. The Hall–Kier alpha value is -1.77. The predicted molar refractivity (Wildman–Crippen MR) is 155 cm³/mol. The van der Waals surface area contributed by atoms with Crippen LogP contribution in [0.4, 0.5) is 4.79 Å².